The number of benzene rings is 1. The highest BCUT2D eigenvalue weighted by atomic mass is 16.5. The third kappa shape index (κ3) is 4.87. The summed E-state index contributed by atoms with van der Waals surface area (Å²) < 4.78 is 4.73. The summed E-state index contributed by atoms with van der Waals surface area (Å²) in [4.78, 5) is 41.4. The minimum Gasteiger partial charge on any atom is -0.465 e. The predicted octanol–water partition coefficient (Wildman–Crippen LogP) is 1.54. The summed E-state index contributed by atoms with van der Waals surface area (Å²) in [5.41, 5.74) is 1.26. The van der Waals surface area contributed by atoms with E-state index in [2.05, 4.69) is 10.3 Å². The van der Waals surface area contributed by atoms with Crippen molar-refractivity contribution >= 4 is 23.5 Å². The molecule has 0 aliphatic rings. The maximum absolute atomic E-state index is 12.2. The van der Waals surface area contributed by atoms with Crippen molar-refractivity contribution in [3.05, 3.63) is 59.9 Å². The number of hydrogen-bond donors (Lipinski definition) is 1. The maximum atomic E-state index is 12.2. The lowest BCUT2D eigenvalue weighted by Gasteiger charge is -2.22. The first-order chi connectivity index (χ1) is 12.0. The number of esters is 1. The van der Waals surface area contributed by atoms with Gasteiger partial charge in [0, 0.05) is 13.1 Å². The molecule has 0 saturated carbocycles. The monoisotopic (exact) mass is 341 g/mol. The van der Waals surface area contributed by atoms with Crippen LogP contribution in [0.15, 0.2) is 48.7 Å². The first-order valence-electron chi connectivity index (χ1n) is 7.65. The van der Waals surface area contributed by atoms with E-state index in [9.17, 15) is 14.4 Å². The normalized spacial score (nSPS) is 10.0. The summed E-state index contributed by atoms with van der Waals surface area (Å²) in [5.74, 6) is -1.29. The second kappa shape index (κ2) is 8.58. The molecule has 0 radical (unpaired) electrons. The van der Waals surface area contributed by atoms with Gasteiger partial charge in [-0.15, -0.1) is 0 Å². The molecule has 25 heavy (non-hydrogen) atoms. The van der Waals surface area contributed by atoms with Crippen molar-refractivity contribution < 1.29 is 19.1 Å². The summed E-state index contributed by atoms with van der Waals surface area (Å²) in [6, 6.07) is 11.9. The highest BCUT2D eigenvalue weighted by Crippen LogP contribution is 2.21. The van der Waals surface area contributed by atoms with Gasteiger partial charge in [-0.05, 0) is 24.3 Å². The third-order valence-corrected chi connectivity index (χ3v) is 3.47. The van der Waals surface area contributed by atoms with Gasteiger partial charge in [0.15, 0.2) is 0 Å². The Morgan fingerprint density at radius 1 is 1.12 bits per heavy atom. The van der Waals surface area contributed by atoms with Crippen LogP contribution in [0.1, 0.15) is 23.0 Å². The second-order valence-corrected chi connectivity index (χ2v) is 5.21. The number of ether oxygens (including phenoxy) is 1. The molecule has 7 heteroatoms. The Morgan fingerprint density at radius 2 is 1.84 bits per heavy atom. The molecule has 0 aliphatic heterocycles. The Morgan fingerprint density at radius 3 is 2.48 bits per heavy atom. The van der Waals surface area contributed by atoms with Crippen LogP contribution in [-0.4, -0.2) is 36.4 Å². The molecule has 0 saturated heterocycles. The molecule has 0 atom stereocenters. The fourth-order valence-corrected chi connectivity index (χ4v) is 2.25. The van der Waals surface area contributed by atoms with Crippen LogP contribution in [0.25, 0.3) is 0 Å². The summed E-state index contributed by atoms with van der Waals surface area (Å²) in [7, 11) is 1.26. The van der Waals surface area contributed by atoms with Gasteiger partial charge in [0.2, 0.25) is 11.8 Å². The number of nitrogens with one attached hydrogen (secondary N) is 1. The minimum atomic E-state index is -0.573. The molecule has 2 amide bonds. The van der Waals surface area contributed by atoms with Crippen LogP contribution in [0.4, 0.5) is 5.69 Å². The number of pyridine rings is 1. The number of carbonyl (C=O) groups excluding carboxylic acids is 3. The largest absolute Gasteiger partial charge is 0.465 e. The first kappa shape index (κ1) is 18.1. The van der Waals surface area contributed by atoms with Crippen LogP contribution >= 0.6 is 0 Å². The van der Waals surface area contributed by atoms with Crippen molar-refractivity contribution in [2.24, 2.45) is 0 Å². The van der Waals surface area contributed by atoms with Crippen molar-refractivity contribution in [2.75, 3.05) is 18.6 Å². The number of methoxy groups -OCH3 is 1. The topological polar surface area (TPSA) is 88.6 Å². The zero-order valence-electron chi connectivity index (χ0n) is 14.1. The Kier molecular flexibility index (Phi) is 6.22. The van der Waals surface area contributed by atoms with E-state index in [0.29, 0.717) is 11.4 Å². The van der Waals surface area contributed by atoms with E-state index in [-0.39, 0.29) is 30.5 Å². The molecule has 1 aromatic carbocycles. The van der Waals surface area contributed by atoms with Gasteiger partial charge in [0.1, 0.15) is 6.54 Å². The number of rotatable bonds is 6. The van der Waals surface area contributed by atoms with E-state index in [1.165, 1.54) is 18.9 Å². The number of amides is 2. The second-order valence-electron chi connectivity index (χ2n) is 5.21. The Bertz CT molecular complexity index is 762. The predicted molar refractivity (Wildman–Crippen MR) is 91.9 cm³/mol. The highest BCUT2D eigenvalue weighted by Gasteiger charge is 2.21. The molecular weight excluding hydrogens is 322 g/mol. The van der Waals surface area contributed by atoms with Crippen molar-refractivity contribution in [1.82, 2.24) is 10.3 Å². The molecule has 0 unspecified atom stereocenters. The standard InChI is InChI=1S/C18H19N3O4/c1-13(22)21(16-9-4-3-8-15(16)18(24)25-2)12-17(23)20-11-14-7-5-6-10-19-14/h3-10H,11-12H2,1-2H3,(H,20,23). The lowest BCUT2D eigenvalue weighted by molar-refractivity contribution is -0.123. The fraction of sp³-hybridized carbons (Fsp3) is 0.222. The van der Waals surface area contributed by atoms with Crippen LogP contribution in [0.3, 0.4) is 0 Å². The highest BCUT2D eigenvalue weighted by molar-refractivity contribution is 6.04. The summed E-state index contributed by atoms with van der Waals surface area (Å²) in [6.07, 6.45) is 1.63. The maximum Gasteiger partial charge on any atom is 0.339 e. The van der Waals surface area contributed by atoms with Crippen LogP contribution in [0, 0.1) is 0 Å². The van der Waals surface area contributed by atoms with Gasteiger partial charge in [-0.3, -0.25) is 14.6 Å². The quantitative estimate of drug-likeness (QED) is 0.805. The lowest BCUT2D eigenvalue weighted by Crippen LogP contribution is -2.40. The van der Waals surface area contributed by atoms with E-state index in [1.807, 2.05) is 6.07 Å². The SMILES string of the molecule is COC(=O)c1ccccc1N(CC(=O)NCc1ccccn1)C(C)=O. The number of para-hydroxylation sites is 1. The molecule has 1 N–H and O–H groups in total. The molecule has 0 aliphatic carbocycles. The van der Waals surface area contributed by atoms with E-state index in [4.69, 9.17) is 4.74 Å². The Labute approximate surface area is 145 Å². The summed E-state index contributed by atoms with van der Waals surface area (Å²) in [5, 5.41) is 2.71. The third-order valence-electron chi connectivity index (χ3n) is 3.47. The van der Waals surface area contributed by atoms with Crippen LogP contribution < -0.4 is 10.2 Å². The van der Waals surface area contributed by atoms with E-state index >= 15 is 0 Å². The number of carbonyl (C=O) groups is 3. The molecule has 7 nitrogen and oxygen atoms in total. The van der Waals surface area contributed by atoms with E-state index in [1.54, 1.807) is 42.6 Å². The van der Waals surface area contributed by atoms with Gasteiger partial charge in [0.25, 0.3) is 0 Å². The molecule has 1 aromatic heterocycles. The van der Waals surface area contributed by atoms with Gasteiger partial charge in [0.05, 0.1) is 30.6 Å². The minimum absolute atomic E-state index is 0.212. The fourth-order valence-electron chi connectivity index (χ4n) is 2.25. The van der Waals surface area contributed by atoms with Gasteiger partial charge >= 0.3 is 5.97 Å². The summed E-state index contributed by atoms with van der Waals surface area (Å²) >= 11 is 0. The molecule has 0 bridgehead atoms. The van der Waals surface area contributed by atoms with Gasteiger partial charge in [-0.25, -0.2) is 4.79 Å². The number of aromatic nitrogens is 1. The van der Waals surface area contributed by atoms with Crippen molar-refractivity contribution in [3.8, 4) is 0 Å². The summed E-state index contributed by atoms with van der Waals surface area (Å²) in [6.45, 7) is 1.38. The molecule has 2 rings (SSSR count). The number of hydrogen-bond acceptors (Lipinski definition) is 5. The van der Waals surface area contributed by atoms with Gasteiger partial charge in [-0.1, -0.05) is 18.2 Å². The Hall–Kier alpha value is -3.22. The van der Waals surface area contributed by atoms with Crippen molar-refractivity contribution in [1.29, 1.82) is 0 Å². The lowest BCUT2D eigenvalue weighted by atomic mass is 10.1. The average molecular weight is 341 g/mol. The van der Waals surface area contributed by atoms with Crippen LogP contribution in [0.5, 0.6) is 0 Å². The molecule has 1 heterocycles. The van der Waals surface area contributed by atoms with Crippen molar-refractivity contribution in [3.63, 3.8) is 0 Å². The number of nitrogens with zero attached hydrogens (tertiary/aromatic N) is 2. The molecule has 130 valence electrons. The molecule has 2 aromatic rings. The van der Waals surface area contributed by atoms with Crippen LogP contribution in [0.2, 0.25) is 0 Å². The molecule has 0 spiro atoms. The van der Waals surface area contributed by atoms with Crippen molar-refractivity contribution in [2.45, 2.75) is 13.5 Å². The zero-order chi connectivity index (χ0) is 18.2. The van der Waals surface area contributed by atoms with Gasteiger partial charge < -0.3 is 15.0 Å². The number of anilines is 1. The zero-order valence-corrected chi connectivity index (χ0v) is 14.1. The average Bonchev–Trinajstić information content (AvgIpc) is 2.64. The van der Waals surface area contributed by atoms with E-state index in [0.717, 1.165) is 0 Å². The Balaban J connectivity index is 2.12. The van der Waals surface area contributed by atoms with E-state index < -0.39 is 5.97 Å². The van der Waals surface area contributed by atoms with Crippen LogP contribution in [-0.2, 0) is 20.9 Å². The van der Waals surface area contributed by atoms with Gasteiger partial charge in [-0.2, -0.15) is 0 Å². The first-order valence-corrected chi connectivity index (χ1v) is 7.65. The smallest absolute Gasteiger partial charge is 0.339 e. The molecular formula is C18H19N3O4. The molecule has 0 fully saturated rings.